The predicted molar refractivity (Wildman–Crippen MR) is 90.9 cm³/mol. The fourth-order valence-electron chi connectivity index (χ4n) is 2.02. The van der Waals surface area contributed by atoms with E-state index in [-0.39, 0.29) is 31.0 Å². The maximum Gasteiger partial charge on any atom is 0.265 e. The Morgan fingerprint density at radius 2 is 2.00 bits per heavy atom. The average Bonchev–Trinajstić information content (AvgIpc) is 2.57. The molecular weight excluding hydrogens is 354 g/mol. The summed E-state index contributed by atoms with van der Waals surface area (Å²) in [5.41, 5.74) is 0.0959. The Morgan fingerprint density at radius 3 is 2.71 bits per heavy atom. The molecule has 0 atom stereocenters. The van der Waals surface area contributed by atoms with E-state index in [1.165, 1.54) is 29.2 Å². The Labute approximate surface area is 149 Å². The number of nitrogens with zero attached hydrogens (tertiary/aromatic N) is 2. The number of ether oxygens (including phenoxy) is 1. The molecule has 0 N–H and O–H groups in total. The van der Waals surface area contributed by atoms with Crippen molar-refractivity contribution < 1.29 is 13.9 Å². The van der Waals surface area contributed by atoms with Crippen LogP contribution in [0.15, 0.2) is 42.5 Å². The molecule has 0 aliphatic rings. The summed E-state index contributed by atoms with van der Waals surface area (Å²) < 4.78 is 19.3. The lowest BCUT2D eigenvalue weighted by Crippen LogP contribution is -2.36. The highest BCUT2D eigenvalue weighted by molar-refractivity contribution is 6.34. The van der Waals surface area contributed by atoms with Crippen LogP contribution in [0.2, 0.25) is 10.0 Å². The lowest BCUT2D eigenvalue weighted by Gasteiger charge is -2.22. The summed E-state index contributed by atoms with van der Waals surface area (Å²) in [6.07, 6.45) is 0.0675. The molecule has 2 aromatic carbocycles. The van der Waals surface area contributed by atoms with E-state index in [0.29, 0.717) is 10.0 Å². The van der Waals surface area contributed by atoms with Crippen LogP contribution in [0.3, 0.4) is 0 Å². The quantitative estimate of drug-likeness (QED) is 0.758. The first-order chi connectivity index (χ1) is 11.5. The number of hydrogen-bond acceptors (Lipinski definition) is 3. The average molecular weight is 367 g/mol. The van der Waals surface area contributed by atoms with Gasteiger partial charge in [0.05, 0.1) is 23.2 Å². The first-order valence-electron chi connectivity index (χ1n) is 7.02. The van der Waals surface area contributed by atoms with Gasteiger partial charge in [0.15, 0.2) is 6.61 Å². The van der Waals surface area contributed by atoms with Gasteiger partial charge in [0, 0.05) is 17.6 Å². The van der Waals surface area contributed by atoms with Crippen LogP contribution in [0.4, 0.5) is 10.1 Å². The summed E-state index contributed by atoms with van der Waals surface area (Å²) in [5.74, 6) is -0.790. The van der Waals surface area contributed by atoms with Crippen molar-refractivity contribution in [1.82, 2.24) is 0 Å². The van der Waals surface area contributed by atoms with E-state index < -0.39 is 11.7 Å². The highest BCUT2D eigenvalue weighted by Crippen LogP contribution is 2.28. The van der Waals surface area contributed by atoms with Gasteiger partial charge in [0.2, 0.25) is 0 Å². The summed E-state index contributed by atoms with van der Waals surface area (Å²) in [7, 11) is 0. The molecule has 7 heteroatoms. The van der Waals surface area contributed by atoms with E-state index in [4.69, 9.17) is 33.2 Å². The molecule has 0 radical (unpaired) electrons. The highest BCUT2D eigenvalue weighted by atomic mass is 35.5. The van der Waals surface area contributed by atoms with Crippen molar-refractivity contribution in [2.75, 3.05) is 18.1 Å². The first kappa shape index (κ1) is 18.1. The molecule has 0 fully saturated rings. The molecule has 0 aliphatic heterocycles. The van der Waals surface area contributed by atoms with E-state index >= 15 is 0 Å². The van der Waals surface area contributed by atoms with E-state index in [1.54, 1.807) is 18.2 Å². The van der Waals surface area contributed by atoms with Gasteiger partial charge in [-0.1, -0.05) is 35.3 Å². The Balaban J connectivity index is 2.15. The molecule has 0 heterocycles. The largest absolute Gasteiger partial charge is 0.482 e. The number of rotatable bonds is 6. The minimum absolute atomic E-state index is 0.0584. The SMILES string of the molecule is N#CCCN(C(=O)COc1cc(Cl)ccc1Cl)c1ccccc1F. The summed E-state index contributed by atoms with van der Waals surface area (Å²) in [6.45, 7) is -0.303. The lowest BCUT2D eigenvalue weighted by molar-refractivity contribution is -0.120. The Morgan fingerprint density at radius 1 is 1.25 bits per heavy atom. The molecule has 0 saturated carbocycles. The van der Waals surface area contributed by atoms with E-state index in [0.717, 1.165) is 0 Å². The molecule has 124 valence electrons. The van der Waals surface area contributed by atoms with Crippen molar-refractivity contribution in [2.45, 2.75) is 6.42 Å². The fraction of sp³-hybridized carbons (Fsp3) is 0.176. The second-order valence-electron chi connectivity index (χ2n) is 4.77. The number of para-hydroxylation sites is 1. The minimum Gasteiger partial charge on any atom is -0.482 e. The maximum absolute atomic E-state index is 14.0. The van der Waals surface area contributed by atoms with Gasteiger partial charge in [0.25, 0.3) is 5.91 Å². The van der Waals surface area contributed by atoms with Crippen LogP contribution < -0.4 is 9.64 Å². The maximum atomic E-state index is 14.0. The molecule has 0 spiro atoms. The van der Waals surface area contributed by atoms with Crippen LogP contribution in [0.5, 0.6) is 5.75 Å². The summed E-state index contributed by atoms with van der Waals surface area (Å²) >= 11 is 11.8. The van der Waals surface area contributed by atoms with Crippen molar-refractivity contribution in [1.29, 1.82) is 5.26 Å². The number of nitriles is 1. The number of halogens is 3. The third-order valence-corrected chi connectivity index (χ3v) is 3.68. The number of hydrogen-bond donors (Lipinski definition) is 0. The standard InChI is InChI=1S/C17H13Cl2FN2O2/c18-12-6-7-13(19)16(10-12)24-11-17(23)22(9-3-8-21)15-5-2-1-4-14(15)20/h1-2,4-7,10H,3,9,11H2. The summed E-state index contributed by atoms with van der Waals surface area (Å²) in [4.78, 5) is 13.6. The normalized spacial score (nSPS) is 10.1. The van der Waals surface area contributed by atoms with Crippen LogP contribution in [0, 0.1) is 17.1 Å². The molecule has 0 aromatic heterocycles. The van der Waals surface area contributed by atoms with Gasteiger partial charge < -0.3 is 9.64 Å². The number of amides is 1. The molecule has 24 heavy (non-hydrogen) atoms. The van der Waals surface area contributed by atoms with E-state index in [2.05, 4.69) is 0 Å². The van der Waals surface area contributed by atoms with Gasteiger partial charge in [0.1, 0.15) is 11.6 Å². The van der Waals surface area contributed by atoms with Crippen LogP contribution in [-0.4, -0.2) is 19.1 Å². The van der Waals surface area contributed by atoms with E-state index in [1.807, 2.05) is 6.07 Å². The van der Waals surface area contributed by atoms with Gasteiger partial charge in [-0.05, 0) is 24.3 Å². The number of carbonyl (C=O) groups is 1. The molecule has 0 unspecified atom stereocenters. The van der Waals surface area contributed by atoms with Crippen molar-refractivity contribution in [2.24, 2.45) is 0 Å². The predicted octanol–water partition coefficient (Wildman–Crippen LogP) is 4.46. The first-order valence-corrected chi connectivity index (χ1v) is 7.78. The van der Waals surface area contributed by atoms with Crippen molar-refractivity contribution in [3.8, 4) is 11.8 Å². The Bertz CT molecular complexity index is 777. The highest BCUT2D eigenvalue weighted by Gasteiger charge is 2.19. The zero-order valence-electron chi connectivity index (χ0n) is 12.5. The van der Waals surface area contributed by atoms with Crippen LogP contribution in [-0.2, 0) is 4.79 Å². The molecule has 2 rings (SSSR count). The fourth-order valence-corrected chi connectivity index (χ4v) is 2.35. The van der Waals surface area contributed by atoms with Crippen molar-refractivity contribution in [3.05, 3.63) is 58.3 Å². The van der Waals surface area contributed by atoms with Crippen LogP contribution in [0.25, 0.3) is 0 Å². The van der Waals surface area contributed by atoms with Crippen LogP contribution >= 0.6 is 23.2 Å². The zero-order chi connectivity index (χ0) is 17.5. The molecule has 2 aromatic rings. The Hall–Kier alpha value is -2.29. The number of anilines is 1. The monoisotopic (exact) mass is 366 g/mol. The third-order valence-electron chi connectivity index (χ3n) is 3.14. The lowest BCUT2D eigenvalue weighted by atomic mass is 10.2. The van der Waals surface area contributed by atoms with Gasteiger partial charge in [-0.2, -0.15) is 5.26 Å². The smallest absolute Gasteiger partial charge is 0.265 e. The zero-order valence-corrected chi connectivity index (χ0v) is 14.0. The second-order valence-corrected chi connectivity index (χ2v) is 5.61. The van der Waals surface area contributed by atoms with Gasteiger partial charge in [-0.15, -0.1) is 0 Å². The van der Waals surface area contributed by atoms with Gasteiger partial charge in [-0.3, -0.25) is 4.79 Å². The number of benzene rings is 2. The molecule has 0 saturated heterocycles. The van der Waals surface area contributed by atoms with E-state index in [9.17, 15) is 9.18 Å². The minimum atomic E-state index is -0.551. The van der Waals surface area contributed by atoms with Crippen molar-refractivity contribution in [3.63, 3.8) is 0 Å². The van der Waals surface area contributed by atoms with Gasteiger partial charge >= 0.3 is 0 Å². The molecule has 0 aliphatic carbocycles. The van der Waals surface area contributed by atoms with Gasteiger partial charge in [-0.25, -0.2) is 4.39 Å². The topological polar surface area (TPSA) is 53.3 Å². The van der Waals surface area contributed by atoms with Crippen molar-refractivity contribution >= 4 is 34.8 Å². The third kappa shape index (κ3) is 4.60. The number of carbonyl (C=O) groups excluding carboxylic acids is 1. The molecule has 1 amide bonds. The molecule has 4 nitrogen and oxygen atoms in total. The summed E-state index contributed by atoms with van der Waals surface area (Å²) in [6, 6.07) is 12.4. The molecular formula is C17H13Cl2FN2O2. The summed E-state index contributed by atoms with van der Waals surface area (Å²) in [5, 5.41) is 9.46. The Kier molecular flexibility index (Phi) is 6.42. The molecule has 0 bridgehead atoms. The van der Waals surface area contributed by atoms with Crippen LogP contribution in [0.1, 0.15) is 6.42 Å². The second kappa shape index (κ2) is 8.53.